The van der Waals surface area contributed by atoms with Gasteiger partial charge in [-0.05, 0) is 41.8 Å². The third kappa shape index (κ3) is 2.84. The van der Waals surface area contributed by atoms with Crippen molar-refractivity contribution in [2.24, 2.45) is 0 Å². The first-order valence-corrected chi connectivity index (χ1v) is 6.99. The fraction of sp³-hybridized carbons (Fsp3) is 0.462. The van der Waals surface area contributed by atoms with Crippen LogP contribution in [0.1, 0.15) is 29.9 Å². The topological polar surface area (TPSA) is 43.0 Å². The first kappa shape index (κ1) is 12.0. The molecule has 0 aliphatic heterocycles. The molecule has 0 unspecified atom stereocenters. The Kier molecular flexibility index (Phi) is 3.26. The second-order valence-electron chi connectivity index (χ2n) is 4.81. The van der Waals surface area contributed by atoms with Gasteiger partial charge in [0.25, 0.3) is 0 Å². The zero-order valence-electron chi connectivity index (χ0n) is 10.3. The molecule has 2 aromatic rings. The smallest absolute Gasteiger partial charge is 0.118 e. The molecule has 1 saturated carbocycles. The Morgan fingerprint density at radius 3 is 3.06 bits per heavy atom. The molecule has 0 radical (unpaired) electrons. The Morgan fingerprint density at radius 2 is 2.39 bits per heavy atom. The molecule has 1 aliphatic rings. The van der Waals surface area contributed by atoms with Crippen molar-refractivity contribution in [3.8, 4) is 0 Å². The molecule has 1 aliphatic carbocycles. The quantitative estimate of drug-likeness (QED) is 0.923. The summed E-state index contributed by atoms with van der Waals surface area (Å²) in [4.78, 5) is 0. The van der Waals surface area contributed by atoms with Crippen molar-refractivity contribution < 1.29 is 4.42 Å². The van der Waals surface area contributed by atoms with Gasteiger partial charge in [0, 0.05) is 17.8 Å². The number of hydrogen-bond acceptors (Lipinski definition) is 3. The fourth-order valence-electron chi connectivity index (χ4n) is 1.96. The van der Waals surface area contributed by atoms with Gasteiger partial charge in [0.2, 0.25) is 0 Å². The van der Waals surface area contributed by atoms with Crippen LogP contribution in [0.3, 0.4) is 0 Å². The number of nitrogens with zero attached hydrogens (tertiary/aromatic N) is 2. The average Bonchev–Trinajstić information content (AvgIpc) is 2.99. The molecule has 96 valence electrons. The zero-order chi connectivity index (χ0) is 12.5. The van der Waals surface area contributed by atoms with Gasteiger partial charge in [-0.2, -0.15) is 5.10 Å². The minimum atomic E-state index is 0.709. The van der Waals surface area contributed by atoms with E-state index in [1.807, 2.05) is 17.8 Å². The SMILES string of the molecule is Cc1oc(CNC2CC2)cc1Cn1cc(Br)cn1. The fourth-order valence-corrected chi connectivity index (χ4v) is 2.29. The average molecular weight is 310 g/mol. The van der Waals surface area contributed by atoms with Crippen molar-refractivity contribution in [1.29, 1.82) is 0 Å². The van der Waals surface area contributed by atoms with Crippen molar-refractivity contribution in [2.75, 3.05) is 0 Å². The number of halogens is 1. The van der Waals surface area contributed by atoms with Crippen LogP contribution in [0.15, 0.2) is 27.3 Å². The van der Waals surface area contributed by atoms with Crippen LogP contribution in [0.5, 0.6) is 0 Å². The van der Waals surface area contributed by atoms with Gasteiger partial charge >= 0.3 is 0 Å². The van der Waals surface area contributed by atoms with Crippen LogP contribution in [0.25, 0.3) is 0 Å². The summed E-state index contributed by atoms with van der Waals surface area (Å²) in [6.07, 6.45) is 6.36. The Hall–Kier alpha value is -1.07. The minimum Gasteiger partial charge on any atom is -0.465 e. The van der Waals surface area contributed by atoms with Gasteiger partial charge < -0.3 is 9.73 Å². The van der Waals surface area contributed by atoms with Gasteiger partial charge in [0.1, 0.15) is 11.5 Å². The molecule has 0 amide bonds. The van der Waals surface area contributed by atoms with Crippen LogP contribution >= 0.6 is 15.9 Å². The molecule has 2 aromatic heterocycles. The van der Waals surface area contributed by atoms with Crippen LogP contribution in [-0.2, 0) is 13.1 Å². The van der Waals surface area contributed by atoms with Crippen LogP contribution in [-0.4, -0.2) is 15.8 Å². The van der Waals surface area contributed by atoms with Crippen LogP contribution in [0, 0.1) is 6.92 Å². The summed E-state index contributed by atoms with van der Waals surface area (Å²) in [5.41, 5.74) is 1.19. The second kappa shape index (κ2) is 4.90. The highest BCUT2D eigenvalue weighted by molar-refractivity contribution is 9.10. The molecule has 0 bridgehead atoms. The molecule has 1 N–H and O–H groups in total. The van der Waals surface area contributed by atoms with Crippen LogP contribution < -0.4 is 5.32 Å². The summed E-state index contributed by atoms with van der Waals surface area (Å²) in [5, 5.41) is 7.72. The van der Waals surface area contributed by atoms with Crippen molar-refractivity contribution in [2.45, 2.75) is 38.9 Å². The lowest BCUT2D eigenvalue weighted by Gasteiger charge is -1.98. The monoisotopic (exact) mass is 309 g/mol. The van der Waals surface area contributed by atoms with Crippen molar-refractivity contribution in [1.82, 2.24) is 15.1 Å². The molecule has 4 nitrogen and oxygen atoms in total. The van der Waals surface area contributed by atoms with E-state index in [4.69, 9.17) is 4.42 Å². The Balaban J connectivity index is 1.67. The normalized spacial score (nSPS) is 15.2. The lowest BCUT2D eigenvalue weighted by Crippen LogP contribution is -2.14. The number of aromatic nitrogens is 2. The lowest BCUT2D eigenvalue weighted by atomic mass is 10.2. The number of furan rings is 1. The van der Waals surface area contributed by atoms with Gasteiger partial charge in [0.15, 0.2) is 0 Å². The van der Waals surface area contributed by atoms with Crippen molar-refractivity contribution in [3.63, 3.8) is 0 Å². The molecule has 0 saturated heterocycles. The van der Waals surface area contributed by atoms with E-state index in [-0.39, 0.29) is 0 Å². The number of hydrogen-bond donors (Lipinski definition) is 1. The number of rotatable bonds is 5. The van der Waals surface area contributed by atoms with Gasteiger partial charge in [-0.1, -0.05) is 0 Å². The largest absolute Gasteiger partial charge is 0.465 e. The maximum atomic E-state index is 5.76. The highest BCUT2D eigenvalue weighted by Crippen LogP contribution is 2.21. The van der Waals surface area contributed by atoms with E-state index in [2.05, 4.69) is 32.4 Å². The molecule has 18 heavy (non-hydrogen) atoms. The van der Waals surface area contributed by atoms with Crippen molar-refractivity contribution in [3.05, 3.63) is 40.0 Å². The van der Waals surface area contributed by atoms with E-state index in [1.165, 1.54) is 18.4 Å². The molecule has 2 heterocycles. The minimum absolute atomic E-state index is 0.709. The summed E-state index contributed by atoms with van der Waals surface area (Å²) in [6, 6.07) is 2.83. The first-order chi connectivity index (χ1) is 8.70. The van der Waals surface area contributed by atoms with Gasteiger partial charge in [-0.3, -0.25) is 4.68 Å². The standard InChI is InChI=1S/C13H16BrN3O/c1-9-10(7-17-8-11(14)5-16-17)4-13(18-9)6-15-12-2-3-12/h4-5,8,12,15H,2-3,6-7H2,1H3. The Morgan fingerprint density at radius 1 is 1.56 bits per heavy atom. The summed E-state index contributed by atoms with van der Waals surface area (Å²) >= 11 is 3.40. The summed E-state index contributed by atoms with van der Waals surface area (Å²) in [7, 11) is 0. The van der Waals surface area contributed by atoms with E-state index < -0.39 is 0 Å². The van der Waals surface area contributed by atoms with Crippen LogP contribution in [0.2, 0.25) is 0 Å². The molecule has 1 fully saturated rings. The molecular formula is C13H16BrN3O. The molecule has 0 spiro atoms. The molecule has 0 atom stereocenters. The number of nitrogens with one attached hydrogen (secondary N) is 1. The summed E-state index contributed by atoms with van der Waals surface area (Å²) < 4.78 is 8.66. The van der Waals surface area contributed by atoms with E-state index in [0.717, 1.165) is 29.1 Å². The summed E-state index contributed by atoms with van der Waals surface area (Å²) in [6.45, 7) is 3.59. The van der Waals surface area contributed by atoms with E-state index in [0.29, 0.717) is 6.04 Å². The van der Waals surface area contributed by atoms with Gasteiger partial charge in [-0.25, -0.2) is 0 Å². The second-order valence-corrected chi connectivity index (χ2v) is 5.72. The first-order valence-electron chi connectivity index (χ1n) is 6.20. The molecular weight excluding hydrogens is 294 g/mol. The van der Waals surface area contributed by atoms with Gasteiger partial charge in [-0.15, -0.1) is 0 Å². The maximum absolute atomic E-state index is 5.76. The highest BCUT2D eigenvalue weighted by atomic mass is 79.9. The van der Waals surface area contributed by atoms with Crippen molar-refractivity contribution >= 4 is 15.9 Å². The number of aryl methyl sites for hydroxylation is 1. The Bertz CT molecular complexity index is 542. The van der Waals surface area contributed by atoms with E-state index >= 15 is 0 Å². The molecule has 3 rings (SSSR count). The summed E-state index contributed by atoms with van der Waals surface area (Å²) in [5.74, 6) is 2.00. The van der Waals surface area contributed by atoms with E-state index in [9.17, 15) is 0 Å². The van der Waals surface area contributed by atoms with Crippen LogP contribution in [0.4, 0.5) is 0 Å². The predicted octanol–water partition coefficient (Wildman–Crippen LogP) is 2.85. The van der Waals surface area contributed by atoms with E-state index in [1.54, 1.807) is 6.20 Å². The zero-order valence-corrected chi connectivity index (χ0v) is 11.9. The Labute approximate surface area is 114 Å². The third-order valence-corrected chi connectivity index (χ3v) is 3.56. The third-order valence-electron chi connectivity index (χ3n) is 3.15. The van der Waals surface area contributed by atoms with Gasteiger partial charge in [0.05, 0.1) is 23.8 Å². The lowest BCUT2D eigenvalue weighted by molar-refractivity contribution is 0.458. The highest BCUT2D eigenvalue weighted by Gasteiger charge is 2.20. The molecule has 0 aromatic carbocycles. The predicted molar refractivity (Wildman–Crippen MR) is 72.3 cm³/mol. The maximum Gasteiger partial charge on any atom is 0.118 e. The molecule has 5 heteroatoms.